The van der Waals surface area contributed by atoms with E-state index in [4.69, 9.17) is 11.6 Å². The van der Waals surface area contributed by atoms with E-state index in [0.717, 1.165) is 20.8 Å². The van der Waals surface area contributed by atoms with Crippen molar-refractivity contribution in [2.24, 2.45) is 0 Å². The summed E-state index contributed by atoms with van der Waals surface area (Å²) in [5.74, 6) is 0. The van der Waals surface area contributed by atoms with Crippen LogP contribution in [0, 0.1) is 6.92 Å². The Morgan fingerprint density at radius 3 is 2.92 bits per heavy atom. The van der Waals surface area contributed by atoms with Gasteiger partial charge in [0.25, 0.3) is 0 Å². The fourth-order valence-corrected chi connectivity index (χ4v) is 1.30. The van der Waals surface area contributed by atoms with Gasteiger partial charge in [0.2, 0.25) is 0 Å². The molecule has 13 heavy (non-hydrogen) atoms. The minimum atomic E-state index is 0.710. The topological polar surface area (TPSA) is 12.0 Å². The molecule has 0 radical (unpaired) electrons. The number of benzene rings is 1. The van der Waals surface area contributed by atoms with Gasteiger partial charge in [0.1, 0.15) is 0 Å². The molecule has 0 saturated heterocycles. The molecule has 1 aromatic carbocycles. The predicted molar refractivity (Wildman–Crippen MR) is 62.7 cm³/mol. The van der Waals surface area contributed by atoms with Gasteiger partial charge in [-0.2, -0.15) is 0 Å². The first-order valence-electron chi connectivity index (χ1n) is 3.93. The molecule has 3 heteroatoms. The first-order chi connectivity index (χ1) is 6.11. The Morgan fingerprint density at radius 1 is 1.62 bits per heavy atom. The normalized spacial score (nSPS) is 9.77. The van der Waals surface area contributed by atoms with E-state index in [-0.39, 0.29) is 0 Å². The standard InChI is InChI=1S/C10H11BrClN/c1-7(11)6-13-10-5-3-4-9(12)8(10)2/h3-5,13H,1,6H2,2H3. The fourth-order valence-electron chi connectivity index (χ4n) is 0.990. The Morgan fingerprint density at radius 2 is 2.31 bits per heavy atom. The summed E-state index contributed by atoms with van der Waals surface area (Å²) in [5, 5.41) is 4.00. The maximum atomic E-state index is 5.95. The highest BCUT2D eigenvalue weighted by Crippen LogP contribution is 2.23. The molecular formula is C10H11BrClN. The zero-order valence-electron chi connectivity index (χ0n) is 7.40. The van der Waals surface area contributed by atoms with Gasteiger partial charge in [-0.15, -0.1) is 0 Å². The van der Waals surface area contributed by atoms with Gasteiger partial charge in [-0.1, -0.05) is 40.2 Å². The number of rotatable bonds is 3. The van der Waals surface area contributed by atoms with E-state index in [0.29, 0.717) is 6.54 Å². The molecule has 70 valence electrons. The van der Waals surface area contributed by atoms with Gasteiger partial charge in [0, 0.05) is 21.7 Å². The lowest BCUT2D eigenvalue weighted by molar-refractivity contribution is 1.30. The Kier molecular flexibility index (Phi) is 3.82. The third-order valence-corrected chi connectivity index (χ3v) is 2.43. The summed E-state index contributed by atoms with van der Waals surface area (Å²) in [6.45, 7) is 6.44. The molecule has 0 saturated carbocycles. The number of halogens is 2. The summed E-state index contributed by atoms with van der Waals surface area (Å²) in [4.78, 5) is 0. The SMILES string of the molecule is C=C(Br)CNc1cccc(Cl)c1C. The minimum absolute atomic E-state index is 0.710. The van der Waals surface area contributed by atoms with E-state index in [1.807, 2.05) is 25.1 Å². The van der Waals surface area contributed by atoms with Crippen LogP contribution in [0.4, 0.5) is 5.69 Å². The Balaban J connectivity index is 2.77. The molecule has 0 aliphatic rings. The fraction of sp³-hybridized carbons (Fsp3) is 0.200. The average molecular weight is 261 g/mol. The molecule has 0 fully saturated rings. The Labute approximate surface area is 91.9 Å². The highest BCUT2D eigenvalue weighted by Gasteiger charge is 2.00. The molecule has 1 nitrogen and oxygen atoms in total. The smallest absolute Gasteiger partial charge is 0.0460 e. The first-order valence-corrected chi connectivity index (χ1v) is 5.10. The molecule has 0 aliphatic heterocycles. The molecule has 0 atom stereocenters. The summed E-state index contributed by atoms with van der Waals surface area (Å²) in [7, 11) is 0. The number of anilines is 1. The van der Waals surface area contributed by atoms with Crippen molar-refractivity contribution < 1.29 is 0 Å². The van der Waals surface area contributed by atoms with Crippen LogP contribution in [-0.2, 0) is 0 Å². The quantitative estimate of drug-likeness (QED) is 0.867. The van der Waals surface area contributed by atoms with Crippen molar-refractivity contribution in [2.75, 3.05) is 11.9 Å². The summed E-state index contributed by atoms with van der Waals surface area (Å²) in [5.41, 5.74) is 2.12. The van der Waals surface area contributed by atoms with E-state index < -0.39 is 0 Å². The number of hydrogen-bond donors (Lipinski definition) is 1. The highest BCUT2D eigenvalue weighted by molar-refractivity contribution is 9.11. The summed E-state index contributed by atoms with van der Waals surface area (Å²) in [6, 6.07) is 5.80. The second-order valence-corrected chi connectivity index (χ2v) is 4.31. The van der Waals surface area contributed by atoms with Crippen molar-refractivity contribution in [3.05, 3.63) is 39.8 Å². The molecule has 1 N–H and O–H groups in total. The van der Waals surface area contributed by atoms with Crippen LogP contribution in [0.15, 0.2) is 29.3 Å². The molecule has 1 rings (SSSR count). The molecule has 0 spiro atoms. The lowest BCUT2D eigenvalue weighted by Gasteiger charge is -2.09. The lowest BCUT2D eigenvalue weighted by atomic mass is 10.2. The van der Waals surface area contributed by atoms with Crippen LogP contribution >= 0.6 is 27.5 Å². The van der Waals surface area contributed by atoms with Crippen LogP contribution < -0.4 is 5.32 Å². The molecule has 0 amide bonds. The lowest BCUT2D eigenvalue weighted by Crippen LogP contribution is -2.02. The van der Waals surface area contributed by atoms with Crippen LogP contribution in [0.1, 0.15) is 5.56 Å². The zero-order valence-corrected chi connectivity index (χ0v) is 9.74. The van der Waals surface area contributed by atoms with Gasteiger partial charge >= 0.3 is 0 Å². The summed E-state index contributed by atoms with van der Waals surface area (Å²) < 4.78 is 0.923. The van der Waals surface area contributed by atoms with E-state index in [9.17, 15) is 0 Å². The van der Waals surface area contributed by atoms with Crippen LogP contribution in [0.3, 0.4) is 0 Å². The van der Waals surface area contributed by atoms with Crippen molar-refractivity contribution >= 4 is 33.2 Å². The number of nitrogens with one attached hydrogen (secondary N) is 1. The van der Waals surface area contributed by atoms with Crippen LogP contribution in [-0.4, -0.2) is 6.54 Å². The first kappa shape index (κ1) is 10.6. The van der Waals surface area contributed by atoms with Crippen LogP contribution in [0.5, 0.6) is 0 Å². The maximum absolute atomic E-state index is 5.95. The summed E-state index contributed by atoms with van der Waals surface area (Å²) in [6.07, 6.45) is 0. The van der Waals surface area contributed by atoms with Crippen molar-refractivity contribution in [2.45, 2.75) is 6.92 Å². The third kappa shape index (κ3) is 3.05. The van der Waals surface area contributed by atoms with Gasteiger partial charge < -0.3 is 5.32 Å². The molecule has 0 aromatic heterocycles. The van der Waals surface area contributed by atoms with Crippen molar-refractivity contribution in [3.63, 3.8) is 0 Å². The number of hydrogen-bond acceptors (Lipinski definition) is 1. The van der Waals surface area contributed by atoms with Gasteiger partial charge in [-0.25, -0.2) is 0 Å². The van der Waals surface area contributed by atoms with Gasteiger partial charge in [-0.05, 0) is 24.6 Å². The van der Waals surface area contributed by atoms with E-state index in [1.165, 1.54) is 0 Å². The van der Waals surface area contributed by atoms with Gasteiger partial charge in [0.15, 0.2) is 0 Å². The van der Waals surface area contributed by atoms with E-state index in [2.05, 4.69) is 27.8 Å². The molecule has 0 bridgehead atoms. The largest absolute Gasteiger partial charge is 0.380 e. The minimum Gasteiger partial charge on any atom is -0.380 e. The molecule has 0 unspecified atom stereocenters. The monoisotopic (exact) mass is 259 g/mol. The molecule has 0 aliphatic carbocycles. The Hall–Kier alpha value is -0.470. The summed E-state index contributed by atoms with van der Waals surface area (Å²) >= 11 is 9.24. The van der Waals surface area contributed by atoms with E-state index in [1.54, 1.807) is 0 Å². The van der Waals surface area contributed by atoms with Gasteiger partial charge in [0.05, 0.1) is 0 Å². The van der Waals surface area contributed by atoms with Crippen molar-refractivity contribution in [3.8, 4) is 0 Å². The zero-order chi connectivity index (χ0) is 9.84. The van der Waals surface area contributed by atoms with Crippen LogP contribution in [0.2, 0.25) is 5.02 Å². The maximum Gasteiger partial charge on any atom is 0.0460 e. The molecule has 1 aromatic rings. The Bertz CT molecular complexity index is 323. The average Bonchev–Trinajstić information content (AvgIpc) is 2.07. The van der Waals surface area contributed by atoms with E-state index >= 15 is 0 Å². The molecule has 0 heterocycles. The predicted octanol–water partition coefficient (Wildman–Crippen LogP) is 3.97. The second kappa shape index (κ2) is 4.68. The van der Waals surface area contributed by atoms with Crippen LogP contribution in [0.25, 0.3) is 0 Å². The highest BCUT2D eigenvalue weighted by atomic mass is 79.9. The van der Waals surface area contributed by atoms with Crippen molar-refractivity contribution in [1.29, 1.82) is 0 Å². The second-order valence-electron chi connectivity index (χ2n) is 2.78. The third-order valence-electron chi connectivity index (χ3n) is 1.74. The van der Waals surface area contributed by atoms with Crippen molar-refractivity contribution in [1.82, 2.24) is 0 Å². The molecular weight excluding hydrogens is 249 g/mol. The van der Waals surface area contributed by atoms with Gasteiger partial charge in [-0.3, -0.25) is 0 Å².